The molecule has 4 heteroatoms. The van der Waals surface area contributed by atoms with E-state index in [0.717, 1.165) is 16.8 Å². The van der Waals surface area contributed by atoms with Crippen LogP contribution in [-0.2, 0) is 11.2 Å². The second kappa shape index (κ2) is 3.66. The topological polar surface area (TPSA) is 46.1 Å². The van der Waals surface area contributed by atoms with E-state index in [1.807, 2.05) is 31.2 Å². The molecule has 0 unspecified atom stereocenters. The third-order valence-corrected chi connectivity index (χ3v) is 2.79. The normalized spacial score (nSPS) is 13.9. The number of aryl methyl sites for hydroxylation is 1. The fraction of sp³-hybridized carbons (Fsp3) is 0.154. The number of para-hydroxylation sites is 1. The summed E-state index contributed by atoms with van der Waals surface area (Å²) in [7, 11) is 0. The Bertz CT molecular complexity index is 577. The maximum atomic E-state index is 12.0. The number of carbonyl (C=O) groups excluding carboxylic acids is 1. The first-order valence-electron chi connectivity index (χ1n) is 5.45. The molecule has 1 aromatic heterocycles. The van der Waals surface area contributed by atoms with Crippen molar-refractivity contribution >= 4 is 17.5 Å². The van der Waals surface area contributed by atoms with Gasteiger partial charge >= 0.3 is 0 Å². The number of anilines is 2. The summed E-state index contributed by atoms with van der Waals surface area (Å²) in [6.45, 7) is 1.92. The molecule has 0 aliphatic carbocycles. The van der Waals surface area contributed by atoms with Gasteiger partial charge in [-0.05, 0) is 24.1 Å². The summed E-state index contributed by atoms with van der Waals surface area (Å²) >= 11 is 0. The van der Waals surface area contributed by atoms with Gasteiger partial charge in [0.15, 0.2) is 0 Å². The Kier molecular flexibility index (Phi) is 2.14. The molecule has 1 aromatic carbocycles. The Morgan fingerprint density at radius 3 is 2.65 bits per heavy atom. The molecular weight excluding hydrogens is 214 g/mol. The van der Waals surface area contributed by atoms with Gasteiger partial charge in [0.25, 0.3) is 0 Å². The lowest BCUT2D eigenvalue weighted by molar-refractivity contribution is -0.116. The van der Waals surface area contributed by atoms with Gasteiger partial charge < -0.3 is 0 Å². The van der Waals surface area contributed by atoms with Crippen molar-refractivity contribution in [2.24, 2.45) is 0 Å². The monoisotopic (exact) mass is 225 g/mol. The molecule has 84 valence electrons. The third kappa shape index (κ3) is 1.58. The Hall–Kier alpha value is -2.23. The van der Waals surface area contributed by atoms with Gasteiger partial charge in [0.2, 0.25) is 11.9 Å². The van der Waals surface area contributed by atoms with E-state index < -0.39 is 0 Å². The zero-order chi connectivity index (χ0) is 11.8. The molecule has 0 saturated heterocycles. The highest BCUT2D eigenvalue weighted by atomic mass is 16.2. The molecule has 17 heavy (non-hydrogen) atoms. The lowest BCUT2D eigenvalue weighted by Gasteiger charge is -2.14. The van der Waals surface area contributed by atoms with Crippen molar-refractivity contribution in [1.82, 2.24) is 9.97 Å². The Morgan fingerprint density at radius 2 is 1.88 bits per heavy atom. The van der Waals surface area contributed by atoms with Gasteiger partial charge in [0.05, 0.1) is 12.1 Å². The predicted molar refractivity (Wildman–Crippen MR) is 64.1 cm³/mol. The second-order valence-electron chi connectivity index (χ2n) is 4.10. The molecule has 0 N–H and O–H groups in total. The van der Waals surface area contributed by atoms with Crippen molar-refractivity contribution < 1.29 is 4.79 Å². The molecular formula is C13H11N3O. The smallest absolute Gasteiger partial charge is 0.238 e. The summed E-state index contributed by atoms with van der Waals surface area (Å²) in [5, 5.41) is 0. The average molecular weight is 225 g/mol. The van der Waals surface area contributed by atoms with Crippen LogP contribution >= 0.6 is 0 Å². The standard InChI is InChI=1S/C13H11N3O/c1-9-7-14-13(15-8-9)16-11-5-3-2-4-10(11)6-12(16)17/h2-5,7-8H,6H2,1H3. The number of aromatic nitrogens is 2. The van der Waals surface area contributed by atoms with Crippen LogP contribution in [0, 0.1) is 6.92 Å². The lowest BCUT2D eigenvalue weighted by Crippen LogP contribution is -2.22. The molecule has 1 aliphatic heterocycles. The summed E-state index contributed by atoms with van der Waals surface area (Å²) in [6, 6.07) is 7.73. The molecule has 0 atom stereocenters. The number of hydrogen-bond donors (Lipinski definition) is 0. The van der Waals surface area contributed by atoms with E-state index in [1.54, 1.807) is 17.3 Å². The summed E-state index contributed by atoms with van der Waals surface area (Å²) < 4.78 is 0. The van der Waals surface area contributed by atoms with Crippen molar-refractivity contribution in [1.29, 1.82) is 0 Å². The van der Waals surface area contributed by atoms with Crippen molar-refractivity contribution in [3.63, 3.8) is 0 Å². The third-order valence-electron chi connectivity index (χ3n) is 2.79. The van der Waals surface area contributed by atoms with E-state index in [9.17, 15) is 4.79 Å². The van der Waals surface area contributed by atoms with Crippen LogP contribution in [-0.4, -0.2) is 15.9 Å². The van der Waals surface area contributed by atoms with E-state index in [2.05, 4.69) is 9.97 Å². The highest BCUT2D eigenvalue weighted by molar-refractivity contribution is 6.05. The van der Waals surface area contributed by atoms with E-state index in [1.165, 1.54) is 0 Å². The summed E-state index contributed by atoms with van der Waals surface area (Å²) in [5.41, 5.74) is 2.90. The van der Waals surface area contributed by atoms with E-state index >= 15 is 0 Å². The minimum atomic E-state index is 0.0232. The first-order valence-corrected chi connectivity index (χ1v) is 5.45. The zero-order valence-corrected chi connectivity index (χ0v) is 9.42. The number of carbonyl (C=O) groups is 1. The van der Waals surface area contributed by atoms with Crippen molar-refractivity contribution in [3.8, 4) is 0 Å². The molecule has 3 rings (SSSR count). The minimum Gasteiger partial charge on any atom is -0.274 e. The molecule has 1 aliphatic rings. The van der Waals surface area contributed by atoms with Crippen LogP contribution in [0.5, 0.6) is 0 Å². The highest BCUT2D eigenvalue weighted by Crippen LogP contribution is 2.32. The predicted octanol–water partition coefficient (Wildman–Crippen LogP) is 2.01. The van der Waals surface area contributed by atoms with Crippen LogP contribution in [0.4, 0.5) is 11.6 Å². The van der Waals surface area contributed by atoms with Gasteiger partial charge in [-0.1, -0.05) is 18.2 Å². The average Bonchev–Trinajstić information content (AvgIpc) is 2.66. The largest absolute Gasteiger partial charge is 0.274 e. The van der Waals surface area contributed by atoms with Crippen LogP contribution in [0.3, 0.4) is 0 Å². The second-order valence-corrected chi connectivity index (χ2v) is 4.10. The number of benzene rings is 1. The maximum absolute atomic E-state index is 12.0. The van der Waals surface area contributed by atoms with Crippen LogP contribution in [0.25, 0.3) is 0 Å². The van der Waals surface area contributed by atoms with Crippen LogP contribution in [0.2, 0.25) is 0 Å². The molecule has 0 bridgehead atoms. The SMILES string of the molecule is Cc1cnc(N2C(=O)Cc3ccccc32)nc1. The van der Waals surface area contributed by atoms with Crippen molar-refractivity contribution in [2.75, 3.05) is 4.90 Å². The molecule has 2 aromatic rings. The fourth-order valence-corrected chi connectivity index (χ4v) is 1.98. The molecule has 0 saturated carbocycles. The molecule has 2 heterocycles. The van der Waals surface area contributed by atoms with Gasteiger partial charge in [0.1, 0.15) is 0 Å². The number of nitrogens with zero attached hydrogens (tertiary/aromatic N) is 3. The molecule has 0 spiro atoms. The highest BCUT2D eigenvalue weighted by Gasteiger charge is 2.29. The zero-order valence-electron chi connectivity index (χ0n) is 9.42. The van der Waals surface area contributed by atoms with Crippen LogP contribution in [0.1, 0.15) is 11.1 Å². The van der Waals surface area contributed by atoms with Gasteiger partial charge in [0, 0.05) is 12.4 Å². The number of rotatable bonds is 1. The maximum Gasteiger partial charge on any atom is 0.238 e. The van der Waals surface area contributed by atoms with Crippen molar-refractivity contribution in [3.05, 3.63) is 47.8 Å². The summed E-state index contributed by atoms with van der Waals surface area (Å²) in [4.78, 5) is 21.9. The Balaban J connectivity index is 2.09. The van der Waals surface area contributed by atoms with Gasteiger partial charge in [-0.25, -0.2) is 14.9 Å². The van der Waals surface area contributed by atoms with Crippen LogP contribution < -0.4 is 4.90 Å². The van der Waals surface area contributed by atoms with E-state index in [0.29, 0.717) is 12.4 Å². The van der Waals surface area contributed by atoms with Crippen molar-refractivity contribution in [2.45, 2.75) is 13.3 Å². The fourth-order valence-electron chi connectivity index (χ4n) is 1.98. The molecule has 0 radical (unpaired) electrons. The summed E-state index contributed by atoms with van der Waals surface area (Å²) in [6.07, 6.45) is 3.86. The molecule has 1 amide bonds. The number of hydrogen-bond acceptors (Lipinski definition) is 3. The first kappa shape index (κ1) is 9.96. The Labute approximate surface area is 98.9 Å². The quantitative estimate of drug-likeness (QED) is 0.745. The molecule has 0 fully saturated rings. The van der Waals surface area contributed by atoms with E-state index in [4.69, 9.17) is 0 Å². The van der Waals surface area contributed by atoms with E-state index in [-0.39, 0.29) is 5.91 Å². The van der Waals surface area contributed by atoms with Gasteiger partial charge in [-0.15, -0.1) is 0 Å². The summed E-state index contributed by atoms with van der Waals surface area (Å²) in [5.74, 6) is 0.473. The minimum absolute atomic E-state index is 0.0232. The molecule has 4 nitrogen and oxygen atoms in total. The lowest BCUT2D eigenvalue weighted by atomic mass is 10.2. The number of amides is 1. The number of fused-ring (bicyclic) bond motifs is 1. The Morgan fingerprint density at radius 1 is 1.18 bits per heavy atom. The first-order chi connectivity index (χ1) is 8.25. The van der Waals surface area contributed by atoms with Gasteiger partial charge in [-0.2, -0.15) is 0 Å². The van der Waals surface area contributed by atoms with Gasteiger partial charge in [-0.3, -0.25) is 4.79 Å². The van der Waals surface area contributed by atoms with Crippen LogP contribution in [0.15, 0.2) is 36.7 Å².